The van der Waals surface area contributed by atoms with Crippen LogP contribution < -0.4 is 11.1 Å². The van der Waals surface area contributed by atoms with Gasteiger partial charge in [0.15, 0.2) is 0 Å². The Balaban J connectivity index is 2.67. The Hall–Kier alpha value is -1.59. The largest absolute Gasteiger partial charge is 0.481 e. The zero-order valence-electron chi connectivity index (χ0n) is 9.24. The van der Waals surface area contributed by atoms with Gasteiger partial charge in [-0.1, -0.05) is 11.6 Å². The highest BCUT2D eigenvalue weighted by Gasteiger charge is 2.17. The van der Waals surface area contributed by atoms with Gasteiger partial charge in [-0.05, 0) is 30.7 Å². The number of halogens is 1. The fourth-order valence-corrected chi connectivity index (χ4v) is 1.36. The first-order valence-corrected chi connectivity index (χ1v) is 5.32. The maximum absolute atomic E-state index is 11.5. The Kier molecular flexibility index (Phi) is 4.48. The number of carboxylic acid groups (broad SMARTS) is 1. The number of nitrogens with two attached hydrogens (primary N) is 1. The lowest BCUT2D eigenvalue weighted by molar-refractivity contribution is -0.138. The molecule has 1 amide bonds. The third-order valence-corrected chi connectivity index (χ3v) is 2.58. The molecule has 5 nitrogen and oxygen atoms in total. The van der Waals surface area contributed by atoms with E-state index in [0.717, 1.165) is 5.56 Å². The zero-order chi connectivity index (χ0) is 13.0. The molecule has 0 heterocycles. The van der Waals surface area contributed by atoms with Gasteiger partial charge < -0.3 is 16.2 Å². The van der Waals surface area contributed by atoms with Gasteiger partial charge in [-0.15, -0.1) is 0 Å². The van der Waals surface area contributed by atoms with E-state index in [9.17, 15) is 9.59 Å². The molecule has 17 heavy (non-hydrogen) atoms. The molecule has 1 aromatic carbocycles. The van der Waals surface area contributed by atoms with Gasteiger partial charge in [-0.3, -0.25) is 9.59 Å². The van der Waals surface area contributed by atoms with Gasteiger partial charge in [0, 0.05) is 10.7 Å². The maximum atomic E-state index is 11.5. The van der Waals surface area contributed by atoms with Crippen molar-refractivity contribution in [3.05, 3.63) is 28.8 Å². The first-order chi connectivity index (χ1) is 7.90. The molecule has 0 spiro atoms. The summed E-state index contributed by atoms with van der Waals surface area (Å²) in [5, 5.41) is 11.6. The highest BCUT2D eigenvalue weighted by molar-refractivity contribution is 6.31. The number of carbonyl (C=O) groups is 2. The zero-order valence-corrected chi connectivity index (χ0v) is 9.99. The van der Waals surface area contributed by atoms with E-state index in [0.29, 0.717) is 10.7 Å². The topological polar surface area (TPSA) is 92.4 Å². The van der Waals surface area contributed by atoms with E-state index in [1.807, 2.05) is 0 Å². The number of aryl methyl sites for hydroxylation is 1. The van der Waals surface area contributed by atoms with Crippen LogP contribution in [0.25, 0.3) is 0 Å². The maximum Gasteiger partial charge on any atom is 0.305 e. The van der Waals surface area contributed by atoms with Crippen LogP contribution in [-0.2, 0) is 9.59 Å². The van der Waals surface area contributed by atoms with Crippen molar-refractivity contribution in [1.82, 2.24) is 0 Å². The Bertz CT molecular complexity index is 448. The molecule has 0 aromatic heterocycles. The highest BCUT2D eigenvalue weighted by Crippen LogP contribution is 2.19. The van der Waals surface area contributed by atoms with E-state index in [4.69, 9.17) is 22.4 Å². The second kappa shape index (κ2) is 5.65. The van der Waals surface area contributed by atoms with Crippen molar-refractivity contribution >= 4 is 29.2 Å². The van der Waals surface area contributed by atoms with E-state index in [1.165, 1.54) is 0 Å². The Morgan fingerprint density at radius 1 is 1.53 bits per heavy atom. The molecule has 1 aromatic rings. The third-order valence-electron chi connectivity index (χ3n) is 2.16. The molecule has 0 aliphatic heterocycles. The number of nitrogens with one attached hydrogen (secondary N) is 1. The van der Waals surface area contributed by atoms with Gasteiger partial charge in [0.2, 0.25) is 5.91 Å². The van der Waals surface area contributed by atoms with Crippen molar-refractivity contribution in [3.63, 3.8) is 0 Å². The number of benzene rings is 1. The predicted molar refractivity (Wildman–Crippen MR) is 65.0 cm³/mol. The lowest BCUT2D eigenvalue weighted by atomic mass is 10.2. The normalized spacial score (nSPS) is 11.9. The molecule has 0 aliphatic carbocycles. The van der Waals surface area contributed by atoms with Gasteiger partial charge in [-0.2, -0.15) is 0 Å². The number of amides is 1. The SMILES string of the molecule is Cc1cc(NC(=O)C(N)CC(=O)O)ccc1Cl. The summed E-state index contributed by atoms with van der Waals surface area (Å²) in [5.41, 5.74) is 6.77. The van der Waals surface area contributed by atoms with Gasteiger partial charge in [0.05, 0.1) is 12.5 Å². The van der Waals surface area contributed by atoms with Crippen LogP contribution in [0.3, 0.4) is 0 Å². The predicted octanol–water partition coefficient (Wildman–Crippen LogP) is 1.39. The van der Waals surface area contributed by atoms with Gasteiger partial charge in [0.1, 0.15) is 0 Å². The molecule has 0 saturated heterocycles. The summed E-state index contributed by atoms with van der Waals surface area (Å²) in [4.78, 5) is 21.9. The Morgan fingerprint density at radius 3 is 2.71 bits per heavy atom. The van der Waals surface area contributed by atoms with E-state index in [-0.39, 0.29) is 0 Å². The number of carboxylic acids is 1. The lowest BCUT2D eigenvalue weighted by Gasteiger charge is -2.11. The number of hydrogen-bond acceptors (Lipinski definition) is 3. The van der Waals surface area contributed by atoms with Crippen LogP contribution in [0.2, 0.25) is 5.02 Å². The molecule has 4 N–H and O–H groups in total. The summed E-state index contributed by atoms with van der Waals surface area (Å²) in [6.45, 7) is 1.80. The molecule has 0 radical (unpaired) electrons. The lowest BCUT2D eigenvalue weighted by Crippen LogP contribution is -2.37. The van der Waals surface area contributed by atoms with E-state index < -0.39 is 24.3 Å². The molecule has 0 saturated carbocycles. The quantitative estimate of drug-likeness (QED) is 0.759. The smallest absolute Gasteiger partial charge is 0.305 e. The van der Waals surface area contributed by atoms with E-state index in [2.05, 4.69) is 5.32 Å². The van der Waals surface area contributed by atoms with Crippen LogP contribution in [-0.4, -0.2) is 23.0 Å². The molecule has 6 heteroatoms. The van der Waals surface area contributed by atoms with Crippen LogP contribution in [0.4, 0.5) is 5.69 Å². The fraction of sp³-hybridized carbons (Fsp3) is 0.273. The summed E-state index contributed by atoms with van der Waals surface area (Å²) >= 11 is 5.83. The second-order valence-corrected chi connectivity index (χ2v) is 4.06. The summed E-state index contributed by atoms with van der Waals surface area (Å²) in [6, 6.07) is 3.90. The summed E-state index contributed by atoms with van der Waals surface area (Å²) in [6.07, 6.45) is -0.404. The van der Waals surface area contributed by atoms with Crippen LogP contribution in [0.5, 0.6) is 0 Å². The van der Waals surface area contributed by atoms with Crippen molar-refractivity contribution in [3.8, 4) is 0 Å². The molecule has 1 rings (SSSR count). The molecular formula is C11H13ClN2O3. The van der Waals surface area contributed by atoms with Crippen LogP contribution in [0.15, 0.2) is 18.2 Å². The van der Waals surface area contributed by atoms with E-state index in [1.54, 1.807) is 25.1 Å². The third kappa shape index (κ3) is 4.05. The fourth-order valence-electron chi connectivity index (χ4n) is 1.24. The molecule has 0 bridgehead atoms. The first kappa shape index (κ1) is 13.5. The minimum absolute atomic E-state index is 0.404. The monoisotopic (exact) mass is 256 g/mol. The Labute approximate surface area is 104 Å². The molecule has 1 atom stereocenters. The average molecular weight is 257 g/mol. The molecular weight excluding hydrogens is 244 g/mol. The van der Waals surface area contributed by atoms with Gasteiger partial charge in [-0.25, -0.2) is 0 Å². The minimum atomic E-state index is -1.11. The second-order valence-electron chi connectivity index (χ2n) is 3.66. The van der Waals surface area contributed by atoms with Crippen LogP contribution >= 0.6 is 11.6 Å². The van der Waals surface area contributed by atoms with Crippen LogP contribution in [0, 0.1) is 6.92 Å². The minimum Gasteiger partial charge on any atom is -0.481 e. The van der Waals surface area contributed by atoms with Crippen molar-refractivity contribution in [2.75, 3.05) is 5.32 Å². The summed E-state index contributed by atoms with van der Waals surface area (Å²) in [5.74, 6) is -1.64. The number of hydrogen-bond donors (Lipinski definition) is 3. The number of anilines is 1. The standard InChI is InChI=1S/C11H13ClN2O3/c1-6-4-7(2-3-8(6)12)14-11(17)9(13)5-10(15)16/h2-4,9H,5,13H2,1H3,(H,14,17)(H,15,16). The molecule has 92 valence electrons. The molecule has 0 fully saturated rings. The summed E-state index contributed by atoms with van der Waals surface area (Å²) < 4.78 is 0. The van der Waals surface area contributed by atoms with Crippen LogP contribution in [0.1, 0.15) is 12.0 Å². The average Bonchev–Trinajstić information content (AvgIpc) is 2.22. The van der Waals surface area contributed by atoms with Crippen molar-refractivity contribution in [2.45, 2.75) is 19.4 Å². The first-order valence-electron chi connectivity index (χ1n) is 4.94. The molecule has 0 aliphatic rings. The number of aliphatic carboxylic acids is 1. The van der Waals surface area contributed by atoms with Crippen molar-refractivity contribution in [1.29, 1.82) is 0 Å². The van der Waals surface area contributed by atoms with Gasteiger partial charge >= 0.3 is 5.97 Å². The highest BCUT2D eigenvalue weighted by atomic mass is 35.5. The summed E-state index contributed by atoms with van der Waals surface area (Å²) in [7, 11) is 0. The van der Waals surface area contributed by atoms with E-state index >= 15 is 0 Å². The van der Waals surface area contributed by atoms with Crippen molar-refractivity contribution < 1.29 is 14.7 Å². The number of carbonyl (C=O) groups excluding carboxylic acids is 1. The molecule has 1 unspecified atom stereocenters. The van der Waals surface area contributed by atoms with Gasteiger partial charge in [0.25, 0.3) is 0 Å². The van der Waals surface area contributed by atoms with Crippen molar-refractivity contribution in [2.24, 2.45) is 5.73 Å². The Morgan fingerprint density at radius 2 is 2.18 bits per heavy atom. The number of rotatable bonds is 4.